The molecule has 1 atom stereocenters. The minimum Gasteiger partial charge on any atom is -0.490 e. The zero-order valence-electron chi connectivity index (χ0n) is 11.1. The summed E-state index contributed by atoms with van der Waals surface area (Å²) >= 11 is 6.15. The minimum atomic E-state index is 0.438. The van der Waals surface area contributed by atoms with E-state index in [0.29, 0.717) is 17.8 Å². The molecule has 0 unspecified atom stereocenters. The van der Waals surface area contributed by atoms with E-state index in [1.165, 1.54) is 6.42 Å². The van der Waals surface area contributed by atoms with Crippen molar-refractivity contribution in [2.75, 3.05) is 13.2 Å². The lowest BCUT2D eigenvalue weighted by Crippen LogP contribution is -2.28. The molecule has 1 saturated heterocycles. The van der Waals surface area contributed by atoms with Crippen LogP contribution in [0.2, 0.25) is 5.15 Å². The van der Waals surface area contributed by atoms with Gasteiger partial charge in [-0.15, -0.1) is 0 Å². The molecule has 3 heterocycles. The van der Waals surface area contributed by atoms with Gasteiger partial charge in [0.2, 0.25) is 0 Å². The lowest BCUT2D eigenvalue weighted by Gasteiger charge is -2.13. The second kappa shape index (κ2) is 6.20. The second-order valence-corrected chi connectivity index (χ2v) is 5.21. The fourth-order valence-electron chi connectivity index (χ4n) is 2.33. The first-order valence-corrected chi connectivity index (χ1v) is 7.13. The van der Waals surface area contributed by atoms with Gasteiger partial charge in [0, 0.05) is 29.6 Å². The zero-order valence-corrected chi connectivity index (χ0v) is 11.8. The van der Waals surface area contributed by atoms with Crippen molar-refractivity contribution >= 4 is 11.6 Å². The van der Waals surface area contributed by atoms with Gasteiger partial charge < -0.3 is 10.1 Å². The number of hydrogen-bond acceptors (Lipinski definition) is 4. The van der Waals surface area contributed by atoms with Crippen molar-refractivity contribution in [3.63, 3.8) is 0 Å². The van der Waals surface area contributed by atoms with Gasteiger partial charge in [-0.05, 0) is 31.5 Å². The number of nitrogens with one attached hydrogen (secondary N) is 1. The predicted molar refractivity (Wildman–Crippen MR) is 79.0 cm³/mol. The first-order chi connectivity index (χ1) is 9.83. The van der Waals surface area contributed by atoms with Gasteiger partial charge in [0.25, 0.3) is 0 Å². The van der Waals surface area contributed by atoms with E-state index in [2.05, 4.69) is 15.3 Å². The number of aromatic nitrogens is 2. The Morgan fingerprint density at radius 2 is 2.35 bits per heavy atom. The third-order valence-corrected chi connectivity index (χ3v) is 3.70. The summed E-state index contributed by atoms with van der Waals surface area (Å²) in [5.74, 6) is 0.738. The van der Waals surface area contributed by atoms with Gasteiger partial charge in [-0.1, -0.05) is 17.7 Å². The fourth-order valence-corrected chi connectivity index (χ4v) is 2.54. The van der Waals surface area contributed by atoms with E-state index in [0.717, 1.165) is 29.8 Å². The van der Waals surface area contributed by atoms with Crippen LogP contribution in [0.5, 0.6) is 5.75 Å². The van der Waals surface area contributed by atoms with E-state index < -0.39 is 0 Å². The molecule has 1 aliphatic rings. The van der Waals surface area contributed by atoms with Crippen LogP contribution >= 0.6 is 11.6 Å². The Labute approximate surface area is 123 Å². The van der Waals surface area contributed by atoms with E-state index in [1.54, 1.807) is 18.6 Å². The number of pyridine rings is 2. The van der Waals surface area contributed by atoms with Gasteiger partial charge in [0.05, 0.1) is 6.20 Å². The Balaban J connectivity index is 1.76. The monoisotopic (exact) mass is 289 g/mol. The van der Waals surface area contributed by atoms with E-state index in [4.69, 9.17) is 16.3 Å². The van der Waals surface area contributed by atoms with Gasteiger partial charge >= 0.3 is 0 Å². The van der Waals surface area contributed by atoms with Crippen molar-refractivity contribution in [2.45, 2.75) is 18.9 Å². The summed E-state index contributed by atoms with van der Waals surface area (Å²) in [6.45, 7) is 1.74. The minimum absolute atomic E-state index is 0.438. The van der Waals surface area contributed by atoms with Crippen LogP contribution in [-0.4, -0.2) is 29.2 Å². The molecule has 3 rings (SSSR count). The molecule has 0 aliphatic carbocycles. The highest BCUT2D eigenvalue weighted by molar-refractivity contribution is 6.32. The third kappa shape index (κ3) is 3.08. The molecule has 4 nitrogen and oxygen atoms in total. The number of halogens is 1. The maximum absolute atomic E-state index is 6.15. The van der Waals surface area contributed by atoms with Gasteiger partial charge in [-0.2, -0.15) is 0 Å². The number of rotatable bonds is 4. The molecule has 0 spiro atoms. The van der Waals surface area contributed by atoms with Gasteiger partial charge in [0.15, 0.2) is 0 Å². The summed E-state index contributed by atoms with van der Waals surface area (Å²) in [5, 5.41) is 3.87. The molecule has 2 aromatic rings. The lowest BCUT2D eigenvalue weighted by molar-refractivity contribution is 0.276. The van der Waals surface area contributed by atoms with Crippen LogP contribution in [0.15, 0.2) is 36.8 Å². The van der Waals surface area contributed by atoms with Crippen LogP contribution in [0.3, 0.4) is 0 Å². The first-order valence-electron chi connectivity index (χ1n) is 6.75. The molecule has 20 heavy (non-hydrogen) atoms. The average molecular weight is 290 g/mol. The van der Waals surface area contributed by atoms with Gasteiger partial charge in [0.1, 0.15) is 17.5 Å². The molecular weight excluding hydrogens is 274 g/mol. The first kappa shape index (κ1) is 13.3. The Bertz CT molecular complexity index is 571. The maximum Gasteiger partial charge on any atom is 0.138 e. The smallest absolute Gasteiger partial charge is 0.138 e. The Morgan fingerprint density at radius 3 is 3.10 bits per heavy atom. The molecular formula is C15H16ClN3O. The lowest BCUT2D eigenvalue weighted by atomic mass is 10.1. The van der Waals surface area contributed by atoms with Crippen molar-refractivity contribution < 1.29 is 4.74 Å². The van der Waals surface area contributed by atoms with Gasteiger partial charge in [-0.3, -0.25) is 4.98 Å². The quantitative estimate of drug-likeness (QED) is 0.879. The molecule has 2 aromatic heterocycles. The highest BCUT2D eigenvalue weighted by Crippen LogP contribution is 2.29. The summed E-state index contributed by atoms with van der Waals surface area (Å²) in [7, 11) is 0. The Kier molecular flexibility index (Phi) is 4.14. The van der Waals surface area contributed by atoms with Crippen molar-refractivity contribution in [2.24, 2.45) is 0 Å². The number of hydrogen-bond donors (Lipinski definition) is 1. The molecule has 0 bridgehead atoms. The number of nitrogens with zero attached hydrogens (tertiary/aromatic N) is 2. The Morgan fingerprint density at radius 1 is 1.40 bits per heavy atom. The van der Waals surface area contributed by atoms with Crippen LogP contribution < -0.4 is 10.1 Å². The van der Waals surface area contributed by atoms with Crippen molar-refractivity contribution in [1.82, 2.24) is 15.3 Å². The normalized spacial score (nSPS) is 18.1. The van der Waals surface area contributed by atoms with E-state index in [-0.39, 0.29) is 0 Å². The maximum atomic E-state index is 6.15. The molecule has 1 N–H and O–H groups in total. The largest absolute Gasteiger partial charge is 0.490 e. The van der Waals surface area contributed by atoms with E-state index >= 15 is 0 Å². The fraction of sp³-hybridized carbons (Fsp3) is 0.333. The summed E-state index contributed by atoms with van der Waals surface area (Å²) in [5.41, 5.74) is 1.78. The molecule has 0 aromatic carbocycles. The predicted octanol–water partition coefficient (Wildman–Crippen LogP) is 2.93. The van der Waals surface area contributed by atoms with E-state index in [1.807, 2.05) is 18.2 Å². The third-order valence-electron chi connectivity index (χ3n) is 3.40. The van der Waals surface area contributed by atoms with E-state index in [9.17, 15) is 0 Å². The van der Waals surface area contributed by atoms with Crippen LogP contribution in [-0.2, 0) is 0 Å². The van der Waals surface area contributed by atoms with Gasteiger partial charge in [-0.25, -0.2) is 4.98 Å². The zero-order chi connectivity index (χ0) is 13.8. The molecule has 104 valence electrons. The van der Waals surface area contributed by atoms with Crippen molar-refractivity contribution in [1.29, 1.82) is 0 Å². The molecule has 0 radical (unpaired) electrons. The van der Waals surface area contributed by atoms with Crippen molar-refractivity contribution in [3.8, 4) is 16.9 Å². The summed E-state index contributed by atoms with van der Waals surface area (Å²) in [6, 6.07) is 6.19. The summed E-state index contributed by atoms with van der Waals surface area (Å²) < 4.78 is 5.80. The molecule has 5 heteroatoms. The summed E-state index contributed by atoms with van der Waals surface area (Å²) in [4.78, 5) is 8.30. The van der Waals surface area contributed by atoms with Crippen LogP contribution in [0.4, 0.5) is 0 Å². The van der Waals surface area contributed by atoms with Crippen molar-refractivity contribution in [3.05, 3.63) is 41.9 Å². The highest BCUT2D eigenvalue weighted by Gasteiger charge is 2.15. The number of ether oxygens (including phenoxy) is 1. The van der Waals surface area contributed by atoms with Crippen LogP contribution in [0.25, 0.3) is 11.1 Å². The molecule has 0 amide bonds. The molecule has 0 saturated carbocycles. The molecule has 1 aliphatic heterocycles. The second-order valence-electron chi connectivity index (χ2n) is 4.86. The Hall–Kier alpha value is -1.65. The SMILES string of the molecule is Clc1ncc(OC[C@@H]2CCCN2)cc1-c1cccnc1. The van der Waals surface area contributed by atoms with Crippen LogP contribution in [0.1, 0.15) is 12.8 Å². The summed E-state index contributed by atoms with van der Waals surface area (Å²) in [6.07, 6.45) is 7.55. The van der Waals surface area contributed by atoms with Crippen LogP contribution in [0, 0.1) is 0 Å². The average Bonchev–Trinajstić information content (AvgIpc) is 3.01. The molecule has 1 fully saturated rings. The standard InChI is InChI=1S/C15H16ClN3O/c16-15-14(11-3-1-5-17-8-11)7-13(9-19-15)20-10-12-4-2-6-18-12/h1,3,5,7-9,12,18H,2,4,6,10H2/t12-/m0/s1. The highest BCUT2D eigenvalue weighted by atomic mass is 35.5. The topological polar surface area (TPSA) is 47.0 Å².